The first-order valence-corrected chi connectivity index (χ1v) is 12.1. The van der Waals surface area contributed by atoms with Gasteiger partial charge in [-0.3, -0.25) is 9.59 Å². The number of carbonyl (C=O) groups excluding carboxylic acids is 1. The normalized spacial score (nSPS) is 18.8. The van der Waals surface area contributed by atoms with E-state index in [-0.39, 0.29) is 53.0 Å². The fourth-order valence-corrected chi connectivity index (χ4v) is 4.78. The summed E-state index contributed by atoms with van der Waals surface area (Å²) < 4.78 is 58.8. The molecule has 4 heterocycles. The van der Waals surface area contributed by atoms with E-state index in [1.807, 2.05) is 0 Å². The van der Waals surface area contributed by atoms with E-state index in [2.05, 4.69) is 20.2 Å². The van der Waals surface area contributed by atoms with Crippen LogP contribution >= 0.6 is 11.6 Å². The molecule has 5 rings (SSSR count). The number of alkyl halides is 3. The van der Waals surface area contributed by atoms with Crippen molar-refractivity contribution in [2.24, 2.45) is 0 Å². The molecule has 0 radical (unpaired) electrons. The molecule has 0 saturated carbocycles. The van der Waals surface area contributed by atoms with Gasteiger partial charge in [-0.2, -0.15) is 18.3 Å². The number of anilines is 2. The lowest BCUT2D eigenvalue weighted by Crippen LogP contribution is -2.51. The number of aromatic nitrogens is 4. The number of fused-ring (bicyclic) bond motifs is 1. The Balaban J connectivity index is 1.21. The molecule has 1 atom stereocenters. The summed E-state index contributed by atoms with van der Waals surface area (Å²) in [5, 5.41) is 6.64. The Kier molecular flexibility index (Phi) is 7.09. The standard InChI is InChI=1S/C23H22ClF4N7O3/c24-14-7-16-19(17(25)8-14)20(31-32-21(16)37)35-5-6-38-15(12-35)9-18(36)33-1-3-34(4-2-33)22-29-10-13(11-30-22)23(26,27)28/h7-8,10-11,15H,1-6,9,12H2,(H,32,37). The second-order valence-corrected chi connectivity index (χ2v) is 9.40. The molecular weight excluding hydrogens is 534 g/mol. The van der Waals surface area contributed by atoms with Crippen LogP contribution in [0.3, 0.4) is 0 Å². The van der Waals surface area contributed by atoms with Crippen molar-refractivity contribution in [2.75, 3.05) is 55.7 Å². The molecule has 38 heavy (non-hydrogen) atoms. The van der Waals surface area contributed by atoms with Crippen LogP contribution in [0.4, 0.5) is 29.3 Å². The van der Waals surface area contributed by atoms with Gasteiger partial charge in [0, 0.05) is 56.7 Å². The van der Waals surface area contributed by atoms with Crippen molar-refractivity contribution in [3.05, 3.63) is 51.3 Å². The monoisotopic (exact) mass is 555 g/mol. The van der Waals surface area contributed by atoms with Gasteiger partial charge in [0.1, 0.15) is 5.82 Å². The third kappa shape index (κ3) is 5.36. The summed E-state index contributed by atoms with van der Waals surface area (Å²) in [6, 6.07) is 2.49. The third-order valence-corrected chi connectivity index (χ3v) is 6.73. The summed E-state index contributed by atoms with van der Waals surface area (Å²) in [4.78, 5) is 37.9. The van der Waals surface area contributed by atoms with Crippen LogP contribution in [-0.4, -0.2) is 83.0 Å². The molecule has 1 aromatic carbocycles. The van der Waals surface area contributed by atoms with Gasteiger partial charge < -0.3 is 19.4 Å². The van der Waals surface area contributed by atoms with Gasteiger partial charge in [0.05, 0.1) is 35.5 Å². The summed E-state index contributed by atoms with van der Waals surface area (Å²) in [6.45, 7) is 2.33. The molecule has 10 nitrogen and oxygen atoms in total. The number of nitrogens with zero attached hydrogens (tertiary/aromatic N) is 6. The Morgan fingerprint density at radius 1 is 1.11 bits per heavy atom. The number of hydrogen-bond donors (Lipinski definition) is 1. The summed E-state index contributed by atoms with van der Waals surface area (Å²) in [7, 11) is 0. The number of morpholine rings is 1. The predicted molar refractivity (Wildman–Crippen MR) is 130 cm³/mol. The fraction of sp³-hybridized carbons (Fsp3) is 0.435. The molecular formula is C23H22ClF4N7O3. The maximum Gasteiger partial charge on any atom is 0.419 e. The van der Waals surface area contributed by atoms with Crippen LogP contribution in [0, 0.1) is 5.82 Å². The van der Waals surface area contributed by atoms with Gasteiger partial charge in [0.25, 0.3) is 5.56 Å². The second kappa shape index (κ2) is 10.3. The molecule has 2 aromatic heterocycles. The van der Waals surface area contributed by atoms with Crippen LogP contribution in [0.15, 0.2) is 29.3 Å². The van der Waals surface area contributed by atoms with Gasteiger partial charge in [-0.25, -0.2) is 19.5 Å². The van der Waals surface area contributed by atoms with E-state index in [4.69, 9.17) is 16.3 Å². The predicted octanol–water partition coefficient (Wildman–Crippen LogP) is 2.47. The molecule has 0 spiro atoms. The molecule has 202 valence electrons. The summed E-state index contributed by atoms with van der Waals surface area (Å²) in [6.07, 6.45) is -3.45. The van der Waals surface area contributed by atoms with E-state index in [1.165, 1.54) is 6.07 Å². The summed E-state index contributed by atoms with van der Waals surface area (Å²) in [5.74, 6) is -0.414. The van der Waals surface area contributed by atoms with Crippen molar-refractivity contribution < 1.29 is 27.1 Å². The van der Waals surface area contributed by atoms with Crippen molar-refractivity contribution in [1.29, 1.82) is 0 Å². The maximum absolute atomic E-state index is 14.8. The van der Waals surface area contributed by atoms with Crippen molar-refractivity contribution in [3.8, 4) is 0 Å². The zero-order chi connectivity index (χ0) is 27.0. The minimum atomic E-state index is -4.51. The highest BCUT2D eigenvalue weighted by molar-refractivity contribution is 6.31. The molecule has 0 aliphatic carbocycles. The van der Waals surface area contributed by atoms with E-state index < -0.39 is 29.2 Å². The molecule has 15 heteroatoms. The minimum Gasteiger partial charge on any atom is -0.374 e. The van der Waals surface area contributed by atoms with Crippen molar-refractivity contribution in [1.82, 2.24) is 25.1 Å². The lowest BCUT2D eigenvalue weighted by Gasteiger charge is -2.37. The van der Waals surface area contributed by atoms with Crippen LogP contribution in [0.1, 0.15) is 12.0 Å². The third-order valence-electron chi connectivity index (χ3n) is 6.51. The lowest BCUT2D eigenvalue weighted by molar-refractivity contribution is -0.138. The van der Waals surface area contributed by atoms with E-state index in [0.29, 0.717) is 32.7 Å². The number of halogens is 5. The molecule has 1 N–H and O–H groups in total. The average Bonchev–Trinajstić information content (AvgIpc) is 2.89. The zero-order valence-corrected chi connectivity index (χ0v) is 20.6. The molecule has 2 saturated heterocycles. The molecule has 3 aromatic rings. The number of piperazine rings is 1. The van der Waals surface area contributed by atoms with Crippen LogP contribution < -0.4 is 15.4 Å². The minimum absolute atomic E-state index is 0.0479. The summed E-state index contributed by atoms with van der Waals surface area (Å²) in [5.41, 5.74) is -1.49. The van der Waals surface area contributed by atoms with Gasteiger partial charge in [0.15, 0.2) is 5.82 Å². The Morgan fingerprint density at radius 3 is 2.50 bits per heavy atom. The number of benzene rings is 1. The highest BCUT2D eigenvalue weighted by Crippen LogP contribution is 2.30. The largest absolute Gasteiger partial charge is 0.419 e. The van der Waals surface area contributed by atoms with Crippen LogP contribution in [0.5, 0.6) is 0 Å². The molecule has 2 aliphatic heterocycles. The zero-order valence-electron chi connectivity index (χ0n) is 19.8. The van der Waals surface area contributed by atoms with Crippen LogP contribution in [0.2, 0.25) is 5.02 Å². The van der Waals surface area contributed by atoms with Crippen molar-refractivity contribution in [3.63, 3.8) is 0 Å². The first-order valence-electron chi connectivity index (χ1n) is 11.8. The smallest absolute Gasteiger partial charge is 0.374 e. The number of aromatic amines is 1. The highest BCUT2D eigenvalue weighted by Gasteiger charge is 2.33. The molecule has 2 fully saturated rings. The van der Waals surface area contributed by atoms with Gasteiger partial charge in [-0.15, -0.1) is 0 Å². The van der Waals surface area contributed by atoms with E-state index in [9.17, 15) is 27.2 Å². The topological polar surface area (TPSA) is 108 Å². The Labute approximate surface area is 218 Å². The average molecular weight is 556 g/mol. The van der Waals surface area contributed by atoms with E-state index in [0.717, 1.165) is 18.5 Å². The Morgan fingerprint density at radius 2 is 1.82 bits per heavy atom. The summed E-state index contributed by atoms with van der Waals surface area (Å²) >= 11 is 5.91. The van der Waals surface area contributed by atoms with Crippen LogP contribution in [-0.2, 0) is 15.7 Å². The Hall–Kier alpha value is -3.52. The molecule has 1 amide bonds. The van der Waals surface area contributed by atoms with Crippen molar-refractivity contribution >= 4 is 40.0 Å². The first kappa shape index (κ1) is 26.1. The number of carbonyl (C=O) groups is 1. The highest BCUT2D eigenvalue weighted by atomic mass is 35.5. The van der Waals surface area contributed by atoms with Crippen molar-refractivity contribution in [2.45, 2.75) is 18.7 Å². The van der Waals surface area contributed by atoms with Crippen LogP contribution in [0.25, 0.3) is 10.8 Å². The Bertz CT molecular complexity index is 1390. The first-order chi connectivity index (χ1) is 18.1. The van der Waals surface area contributed by atoms with Gasteiger partial charge in [-0.05, 0) is 12.1 Å². The van der Waals surface area contributed by atoms with E-state index in [1.54, 1.807) is 14.7 Å². The maximum atomic E-state index is 14.8. The number of ether oxygens (including phenoxy) is 1. The number of rotatable bonds is 4. The second-order valence-electron chi connectivity index (χ2n) is 8.97. The fourth-order valence-electron chi connectivity index (χ4n) is 4.57. The lowest BCUT2D eigenvalue weighted by atomic mass is 10.1. The number of hydrogen-bond acceptors (Lipinski definition) is 8. The molecule has 1 unspecified atom stereocenters. The van der Waals surface area contributed by atoms with Gasteiger partial charge >= 0.3 is 6.18 Å². The number of amides is 1. The SMILES string of the molecule is O=C(CC1CN(c2n[nH]c(=O)c3cc(Cl)cc(F)c23)CCO1)N1CCN(c2ncc(C(F)(F)F)cn2)CC1. The van der Waals surface area contributed by atoms with E-state index >= 15 is 0 Å². The van der Waals surface area contributed by atoms with Gasteiger partial charge in [0.2, 0.25) is 11.9 Å². The molecule has 0 bridgehead atoms. The number of H-pyrrole nitrogens is 1. The van der Waals surface area contributed by atoms with Gasteiger partial charge in [-0.1, -0.05) is 11.6 Å². The quantitative estimate of drug-likeness (QED) is 0.489. The number of nitrogens with one attached hydrogen (secondary N) is 1. The molecule has 2 aliphatic rings.